The van der Waals surface area contributed by atoms with E-state index in [2.05, 4.69) is 17.6 Å². The van der Waals surface area contributed by atoms with E-state index in [0.29, 0.717) is 6.61 Å². The van der Waals surface area contributed by atoms with E-state index in [1.165, 1.54) is 51.4 Å². The molecule has 8 heteroatoms. The largest absolute Gasteiger partial charge is 0.481 e. The summed E-state index contributed by atoms with van der Waals surface area (Å²) in [4.78, 5) is 39.0. The molecular formula is C33H58N2O6. The molecule has 4 unspecified atom stereocenters. The number of aliphatic carboxylic acids is 1. The zero-order valence-corrected chi connectivity index (χ0v) is 26.5. The molecule has 2 aliphatic carbocycles. The predicted molar refractivity (Wildman–Crippen MR) is 160 cm³/mol. The Morgan fingerprint density at radius 1 is 0.902 bits per heavy atom. The number of rotatable bonds is 17. The predicted octanol–water partition coefficient (Wildman–Crippen LogP) is 6.50. The third-order valence-corrected chi connectivity index (χ3v) is 9.82. The minimum atomic E-state index is -0.958. The summed E-state index contributed by atoms with van der Waals surface area (Å²) in [6.45, 7) is 10.0. The Balaban J connectivity index is 1.56. The third-order valence-electron chi connectivity index (χ3n) is 9.82. The first-order valence-electron chi connectivity index (χ1n) is 16.5. The highest BCUT2D eigenvalue weighted by Gasteiger charge is 2.48. The quantitative estimate of drug-likeness (QED) is 0.170. The molecule has 0 aromatic carbocycles. The molecule has 1 aliphatic heterocycles. The number of unbranched alkanes of at least 4 members (excludes halogenated alkanes) is 8. The summed E-state index contributed by atoms with van der Waals surface area (Å²) < 4.78 is 11.8. The fourth-order valence-electron chi connectivity index (χ4n) is 7.02. The number of hydrogen-bond donors (Lipinski definition) is 3. The van der Waals surface area contributed by atoms with E-state index in [-0.39, 0.29) is 35.6 Å². The van der Waals surface area contributed by atoms with Crippen molar-refractivity contribution in [1.29, 1.82) is 0 Å². The smallest absolute Gasteiger partial charge is 0.305 e. The minimum absolute atomic E-state index is 0.125. The molecule has 1 heterocycles. The third kappa shape index (κ3) is 9.67. The van der Waals surface area contributed by atoms with Gasteiger partial charge in [0.1, 0.15) is 6.10 Å². The highest BCUT2D eigenvalue weighted by Crippen LogP contribution is 2.46. The first-order chi connectivity index (χ1) is 19.4. The van der Waals surface area contributed by atoms with Crippen molar-refractivity contribution in [3.05, 3.63) is 0 Å². The summed E-state index contributed by atoms with van der Waals surface area (Å²) >= 11 is 0. The van der Waals surface area contributed by atoms with Gasteiger partial charge in [-0.1, -0.05) is 91.4 Å². The summed E-state index contributed by atoms with van der Waals surface area (Å²) in [6, 6.07) is -0.708. The van der Waals surface area contributed by atoms with Crippen molar-refractivity contribution in [1.82, 2.24) is 10.6 Å². The first kappa shape index (κ1) is 33.8. The second-order valence-electron chi connectivity index (χ2n) is 14.3. The topological polar surface area (TPSA) is 114 Å². The molecule has 3 fully saturated rings. The maximum absolute atomic E-state index is 13.6. The molecule has 3 rings (SSSR count). The molecule has 0 aromatic rings. The molecule has 3 N–H and O–H groups in total. The van der Waals surface area contributed by atoms with E-state index < -0.39 is 29.3 Å². The van der Waals surface area contributed by atoms with Gasteiger partial charge in [0.25, 0.3) is 0 Å². The molecule has 0 bridgehead atoms. The van der Waals surface area contributed by atoms with Gasteiger partial charge in [0, 0.05) is 22.9 Å². The fraction of sp³-hybridized carbons (Fsp3) is 0.909. The monoisotopic (exact) mass is 578 g/mol. The lowest BCUT2D eigenvalue weighted by atomic mass is 9.65. The molecule has 4 atom stereocenters. The van der Waals surface area contributed by atoms with Crippen molar-refractivity contribution < 1.29 is 29.0 Å². The Hall–Kier alpha value is -1.67. The maximum Gasteiger partial charge on any atom is 0.305 e. The van der Waals surface area contributed by atoms with Gasteiger partial charge in [-0.3, -0.25) is 14.4 Å². The van der Waals surface area contributed by atoms with E-state index >= 15 is 0 Å². The molecule has 8 nitrogen and oxygen atoms in total. The molecule has 236 valence electrons. The van der Waals surface area contributed by atoms with Crippen molar-refractivity contribution in [2.75, 3.05) is 6.61 Å². The Morgan fingerprint density at radius 3 is 2.12 bits per heavy atom. The number of nitrogens with one attached hydrogen (secondary N) is 2. The Morgan fingerprint density at radius 2 is 1.54 bits per heavy atom. The summed E-state index contributed by atoms with van der Waals surface area (Å²) in [5.74, 6) is -2.15. The average Bonchev–Trinajstić information content (AvgIpc) is 3.33. The SMILES string of the molecule is CCCCCCCCCCCC1(C(=O)NC2CCCC2C(CC(=O)O)NC(=O)C2OC(C)(C)OCC2(C)C)CCC1. The molecule has 41 heavy (non-hydrogen) atoms. The molecule has 0 aromatic heterocycles. The second kappa shape index (κ2) is 15.2. The van der Waals surface area contributed by atoms with E-state index in [1.54, 1.807) is 13.8 Å². The van der Waals surface area contributed by atoms with E-state index in [0.717, 1.165) is 51.4 Å². The second-order valence-corrected chi connectivity index (χ2v) is 14.3. The van der Waals surface area contributed by atoms with Gasteiger partial charge in [0.2, 0.25) is 11.8 Å². The van der Waals surface area contributed by atoms with Gasteiger partial charge in [-0.05, 0) is 51.9 Å². The molecule has 3 aliphatic rings. The van der Waals surface area contributed by atoms with Gasteiger partial charge in [-0.2, -0.15) is 0 Å². The zero-order chi connectivity index (χ0) is 30.1. The van der Waals surface area contributed by atoms with Crippen LogP contribution in [0.4, 0.5) is 0 Å². The van der Waals surface area contributed by atoms with Crippen LogP contribution in [0.15, 0.2) is 0 Å². The lowest BCUT2D eigenvalue weighted by molar-refractivity contribution is -0.304. The van der Waals surface area contributed by atoms with Crippen molar-refractivity contribution in [3.8, 4) is 0 Å². The van der Waals surface area contributed by atoms with Gasteiger partial charge < -0.3 is 25.2 Å². The van der Waals surface area contributed by atoms with Gasteiger partial charge in [0.15, 0.2) is 5.79 Å². The summed E-state index contributed by atoms with van der Waals surface area (Å²) in [5, 5.41) is 16.1. The van der Waals surface area contributed by atoms with Gasteiger partial charge in [0.05, 0.1) is 13.0 Å². The van der Waals surface area contributed by atoms with Crippen LogP contribution in [0, 0.1) is 16.7 Å². The number of amides is 2. The van der Waals surface area contributed by atoms with Gasteiger partial charge >= 0.3 is 5.97 Å². The van der Waals surface area contributed by atoms with Crippen molar-refractivity contribution in [2.24, 2.45) is 16.7 Å². The van der Waals surface area contributed by atoms with Crippen LogP contribution in [0.2, 0.25) is 0 Å². The molecule has 2 amide bonds. The Kier molecular flexibility index (Phi) is 12.5. The van der Waals surface area contributed by atoms with Crippen LogP contribution in [0.1, 0.15) is 144 Å². The van der Waals surface area contributed by atoms with E-state index in [9.17, 15) is 19.5 Å². The van der Waals surface area contributed by atoms with Crippen molar-refractivity contribution >= 4 is 17.8 Å². The number of ether oxygens (including phenoxy) is 2. The van der Waals surface area contributed by atoms with Crippen LogP contribution in [-0.2, 0) is 23.9 Å². The highest BCUT2D eigenvalue weighted by atomic mass is 16.7. The normalized spacial score (nSPS) is 27.0. The standard InChI is InChI=1S/C33H58N2O6/c1-6-7-8-9-10-11-12-13-14-19-33(20-16-21-33)30(39)35-25-18-15-17-24(25)26(22-27(36)37)34-29(38)28-31(2,3)23-40-32(4,5)41-28/h24-26,28H,6-23H2,1-5H3,(H,34,38)(H,35,39)(H,36,37). The molecule has 1 saturated heterocycles. The highest BCUT2D eigenvalue weighted by molar-refractivity contribution is 5.84. The Labute approximate surface area is 248 Å². The Bertz CT molecular complexity index is 868. The zero-order valence-electron chi connectivity index (χ0n) is 26.5. The summed E-state index contributed by atoms with van der Waals surface area (Å²) in [7, 11) is 0. The molecule has 2 saturated carbocycles. The molecule has 0 radical (unpaired) electrons. The fourth-order valence-corrected chi connectivity index (χ4v) is 7.02. The summed E-state index contributed by atoms with van der Waals surface area (Å²) in [5.41, 5.74) is -0.826. The van der Waals surface area contributed by atoms with Crippen LogP contribution in [0.5, 0.6) is 0 Å². The molecular weight excluding hydrogens is 520 g/mol. The van der Waals surface area contributed by atoms with E-state index in [4.69, 9.17) is 9.47 Å². The number of carboxylic acids is 1. The number of hydrogen-bond acceptors (Lipinski definition) is 5. The number of carbonyl (C=O) groups excluding carboxylic acids is 2. The lowest BCUT2D eigenvalue weighted by Gasteiger charge is -2.45. The van der Waals surface area contributed by atoms with E-state index in [1.807, 2.05) is 13.8 Å². The van der Waals surface area contributed by atoms with Crippen LogP contribution in [-0.4, -0.2) is 53.5 Å². The number of carboxylic acid groups (broad SMARTS) is 1. The molecule has 0 spiro atoms. The van der Waals surface area contributed by atoms with Gasteiger partial charge in [-0.15, -0.1) is 0 Å². The van der Waals surface area contributed by atoms with Crippen molar-refractivity contribution in [3.63, 3.8) is 0 Å². The van der Waals surface area contributed by atoms with Crippen LogP contribution < -0.4 is 10.6 Å². The van der Waals surface area contributed by atoms with Crippen molar-refractivity contribution in [2.45, 2.75) is 168 Å². The lowest BCUT2D eigenvalue weighted by Crippen LogP contribution is -2.59. The van der Waals surface area contributed by atoms with Gasteiger partial charge in [-0.25, -0.2) is 0 Å². The minimum Gasteiger partial charge on any atom is -0.481 e. The number of carbonyl (C=O) groups is 3. The van der Waals surface area contributed by atoms with Crippen LogP contribution in [0.25, 0.3) is 0 Å². The average molecular weight is 579 g/mol. The first-order valence-corrected chi connectivity index (χ1v) is 16.5. The maximum atomic E-state index is 13.6. The van der Waals surface area contributed by atoms with Crippen LogP contribution in [0.3, 0.4) is 0 Å². The summed E-state index contributed by atoms with van der Waals surface area (Å²) in [6.07, 6.45) is 16.9. The van der Waals surface area contributed by atoms with Crippen LogP contribution >= 0.6 is 0 Å².